The molecule has 1 atom stereocenters. The van der Waals surface area contributed by atoms with E-state index in [-0.39, 0.29) is 12.4 Å². The smallest absolute Gasteiger partial charge is 0.407 e. The molecule has 1 aromatic carbocycles. The van der Waals surface area contributed by atoms with Gasteiger partial charge in [-0.25, -0.2) is 15.1 Å². The van der Waals surface area contributed by atoms with E-state index in [1.165, 1.54) is 12.1 Å². The topological polar surface area (TPSA) is 73.6 Å². The van der Waals surface area contributed by atoms with E-state index in [0.717, 1.165) is 0 Å². The Balaban J connectivity index is 2.54. The molecule has 5 nitrogen and oxygen atoms in total. The molecule has 0 saturated carbocycles. The summed E-state index contributed by atoms with van der Waals surface area (Å²) in [6.45, 7) is 5.44. The van der Waals surface area contributed by atoms with E-state index in [0.29, 0.717) is 5.56 Å². The van der Waals surface area contributed by atoms with Crippen LogP contribution in [0.15, 0.2) is 24.3 Å². The van der Waals surface area contributed by atoms with Gasteiger partial charge in [0.25, 0.3) is 0 Å². The largest absolute Gasteiger partial charge is 0.444 e. The number of nitrogens with one attached hydrogen (secondary N) is 1. The number of hydrogen-bond acceptors (Lipinski definition) is 4. The van der Waals surface area contributed by atoms with Gasteiger partial charge in [0.15, 0.2) is 0 Å². The molecule has 0 radical (unpaired) electrons. The van der Waals surface area contributed by atoms with Gasteiger partial charge in [0, 0.05) is 0 Å². The second-order valence-corrected chi connectivity index (χ2v) is 5.06. The molecule has 0 fully saturated rings. The van der Waals surface area contributed by atoms with E-state index >= 15 is 0 Å². The molecular formula is C13H19FN2O3. The van der Waals surface area contributed by atoms with Crippen LogP contribution in [0.4, 0.5) is 9.18 Å². The third-order valence-electron chi connectivity index (χ3n) is 2.24. The molecule has 0 aliphatic heterocycles. The molecule has 0 aliphatic carbocycles. The molecule has 1 aromatic rings. The van der Waals surface area contributed by atoms with Crippen molar-refractivity contribution in [3.63, 3.8) is 0 Å². The molecule has 0 spiro atoms. The van der Waals surface area contributed by atoms with Crippen LogP contribution in [0.2, 0.25) is 0 Å². The summed E-state index contributed by atoms with van der Waals surface area (Å²) in [6, 6.07) is 5.69. The molecule has 19 heavy (non-hydrogen) atoms. The minimum Gasteiger partial charge on any atom is -0.444 e. The van der Waals surface area contributed by atoms with Gasteiger partial charge in [-0.3, -0.25) is 4.84 Å². The summed E-state index contributed by atoms with van der Waals surface area (Å²) in [5.74, 6) is 4.82. The lowest BCUT2D eigenvalue weighted by Crippen LogP contribution is -2.35. The standard InChI is InChI=1S/C13H19FN2O3/c1-13(2,3)18-12(17)16-8-11(19-15)9-4-6-10(14)7-5-9/h4-7,11H,8,15H2,1-3H3,(H,16,17). The maximum Gasteiger partial charge on any atom is 0.407 e. The summed E-state index contributed by atoms with van der Waals surface area (Å²) < 4.78 is 17.9. The zero-order chi connectivity index (χ0) is 14.5. The molecule has 0 bridgehead atoms. The Labute approximate surface area is 111 Å². The maximum absolute atomic E-state index is 12.8. The molecule has 1 unspecified atom stereocenters. The lowest BCUT2D eigenvalue weighted by molar-refractivity contribution is 0.0340. The molecule has 3 N–H and O–H groups in total. The first kappa shape index (κ1) is 15.4. The molecule has 1 amide bonds. The number of carbonyl (C=O) groups excluding carboxylic acids is 1. The van der Waals surface area contributed by atoms with Crippen molar-refractivity contribution in [1.29, 1.82) is 0 Å². The van der Waals surface area contributed by atoms with Crippen LogP contribution in [0.1, 0.15) is 32.4 Å². The van der Waals surface area contributed by atoms with E-state index in [1.54, 1.807) is 32.9 Å². The fourth-order valence-corrected chi connectivity index (χ4v) is 1.41. The Morgan fingerprint density at radius 3 is 2.42 bits per heavy atom. The van der Waals surface area contributed by atoms with Gasteiger partial charge in [0.1, 0.15) is 17.5 Å². The third kappa shape index (κ3) is 5.67. The number of nitrogens with two attached hydrogens (primary N) is 1. The number of rotatable bonds is 4. The molecule has 0 saturated heterocycles. The highest BCUT2D eigenvalue weighted by molar-refractivity contribution is 5.67. The highest BCUT2D eigenvalue weighted by Gasteiger charge is 2.18. The van der Waals surface area contributed by atoms with E-state index < -0.39 is 17.8 Å². The first-order chi connectivity index (χ1) is 8.81. The second-order valence-electron chi connectivity index (χ2n) is 5.06. The van der Waals surface area contributed by atoms with Crippen LogP contribution < -0.4 is 11.2 Å². The second kappa shape index (κ2) is 6.49. The van der Waals surface area contributed by atoms with E-state index in [4.69, 9.17) is 15.5 Å². The number of halogens is 1. The zero-order valence-corrected chi connectivity index (χ0v) is 11.3. The first-order valence-corrected chi connectivity index (χ1v) is 5.89. The monoisotopic (exact) mass is 270 g/mol. The van der Waals surface area contributed by atoms with Crippen molar-refractivity contribution in [2.45, 2.75) is 32.5 Å². The van der Waals surface area contributed by atoms with Crippen LogP contribution in [0, 0.1) is 5.82 Å². The van der Waals surface area contributed by atoms with Gasteiger partial charge in [-0.15, -0.1) is 0 Å². The quantitative estimate of drug-likeness (QED) is 0.823. The Bertz CT molecular complexity index is 415. The summed E-state index contributed by atoms with van der Waals surface area (Å²) in [5, 5.41) is 2.54. The van der Waals surface area contributed by atoms with E-state index in [2.05, 4.69) is 5.32 Å². The van der Waals surface area contributed by atoms with Gasteiger partial charge in [0.05, 0.1) is 6.54 Å². The fraction of sp³-hybridized carbons (Fsp3) is 0.462. The predicted octanol–water partition coefficient (Wildman–Crippen LogP) is 2.28. The van der Waals surface area contributed by atoms with Gasteiger partial charge in [-0.1, -0.05) is 12.1 Å². The molecule has 6 heteroatoms. The van der Waals surface area contributed by atoms with Gasteiger partial charge in [-0.2, -0.15) is 0 Å². The van der Waals surface area contributed by atoms with Gasteiger partial charge >= 0.3 is 6.09 Å². The number of carbonyl (C=O) groups is 1. The summed E-state index contributed by atoms with van der Waals surface area (Å²) in [6.07, 6.45) is -1.12. The zero-order valence-electron chi connectivity index (χ0n) is 11.3. The number of ether oxygens (including phenoxy) is 1. The van der Waals surface area contributed by atoms with Crippen LogP contribution >= 0.6 is 0 Å². The van der Waals surface area contributed by atoms with Crippen molar-refractivity contribution >= 4 is 6.09 Å². The van der Waals surface area contributed by atoms with Crippen LogP contribution in [0.25, 0.3) is 0 Å². The van der Waals surface area contributed by atoms with Crippen molar-refractivity contribution in [2.75, 3.05) is 6.54 Å². The SMILES string of the molecule is CC(C)(C)OC(=O)NCC(ON)c1ccc(F)cc1. The molecule has 106 valence electrons. The lowest BCUT2D eigenvalue weighted by Gasteiger charge is -2.21. The van der Waals surface area contributed by atoms with Gasteiger partial charge in [-0.05, 0) is 38.5 Å². The number of hydrogen-bond donors (Lipinski definition) is 2. The van der Waals surface area contributed by atoms with Crippen molar-refractivity contribution < 1.29 is 18.8 Å². The summed E-state index contributed by atoms with van der Waals surface area (Å²) in [7, 11) is 0. The Kier molecular flexibility index (Phi) is 5.26. The average molecular weight is 270 g/mol. The van der Waals surface area contributed by atoms with Crippen molar-refractivity contribution in [1.82, 2.24) is 5.32 Å². The van der Waals surface area contributed by atoms with Gasteiger partial charge in [0.2, 0.25) is 0 Å². The van der Waals surface area contributed by atoms with Crippen LogP contribution in [-0.4, -0.2) is 18.2 Å². The minimum absolute atomic E-state index is 0.136. The summed E-state index contributed by atoms with van der Waals surface area (Å²) in [5.41, 5.74) is 0.0962. The maximum atomic E-state index is 12.8. The average Bonchev–Trinajstić information content (AvgIpc) is 2.29. The number of alkyl carbamates (subject to hydrolysis) is 1. The predicted molar refractivity (Wildman–Crippen MR) is 68.7 cm³/mol. The third-order valence-corrected chi connectivity index (χ3v) is 2.24. The molecule has 1 rings (SSSR count). The fourth-order valence-electron chi connectivity index (χ4n) is 1.41. The lowest BCUT2D eigenvalue weighted by atomic mass is 10.1. The van der Waals surface area contributed by atoms with E-state index in [1.807, 2.05) is 0 Å². The Hall–Kier alpha value is -1.66. The highest BCUT2D eigenvalue weighted by Crippen LogP contribution is 2.15. The van der Waals surface area contributed by atoms with Crippen LogP contribution in [0.5, 0.6) is 0 Å². The first-order valence-electron chi connectivity index (χ1n) is 5.89. The molecule has 0 heterocycles. The van der Waals surface area contributed by atoms with E-state index in [9.17, 15) is 9.18 Å². The molecule has 0 aliphatic rings. The summed E-state index contributed by atoms with van der Waals surface area (Å²) in [4.78, 5) is 16.2. The Morgan fingerprint density at radius 2 is 1.95 bits per heavy atom. The van der Waals surface area contributed by atoms with Crippen molar-refractivity contribution in [3.05, 3.63) is 35.6 Å². The number of benzene rings is 1. The van der Waals surface area contributed by atoms with Crippen LogP contribution in [0.3, 0.4) is 0 Å². The van der Waals surface area contributed by atoms with Crippen molar-refractivity contribution in [3.8, 4) is 0 Å². The molecule has 0 aromatic heterocycles. The Morgan fingerprint density at radius 1 is 1.37 bits per heavy atom. The minimum atomic E-state index is -0.570. The molecular weight excluding hydrogens is 251 g/mol. The van der Waals surface area contributed by atoms with Gasteiger partial charge < -0.3 is 10.1 Å². The summed E-state index contributed by atoms with van der Waals surface area (Å²) >= 11 is 0. The number of amides is 1. The normalized spacial score (nSPS) is 12.9. The van der Waals surface area contributed by atoms with Crippen LogP contribution in [-0.2, 0) is 9.57 Å². The highest BCUT2D eigenvalue weighted by atomic mass is 19.1. The van der Waals surface area contributed by atoms with Crippen molar-refractivity contribution in [2.24, 2.45) is 5.90 Å².